The van der Waals surface area contributed by atoms with Crippen LogP contribution < -0.4 is 5.32 Å². The summed E-state index contributed by atoms with van der Waals surface area (Å²) in [5.74, 6) is 0.0539. The quantitative estimate of drug-likeness (QED) is 0.443. The van der Waals surface area contributed by atoms with Crippen molar-refractivity contribution in [2.75, 3.05) is 5.32 Å². The first-order valence-corrected chi connectivity index (χ1v) is 10.8. The van der Waals surface area contributed by atoms with Crippen molar-refractivity contribution in [1.82, 2.24) is 0 Å². The van der Waals surface area contributed by atoms with Gasteiger partial charge in [-0.05, 0) is 66.8 Å². The topological polar surface area (TPSA) is 64.6 Å². The number of amides is 1. The van der Waals surface area contributed by atoms with E-state index in [9.17, 15) is 9.59 Å². The summed E-state index contributed by atoms with van der Waals surface area (Å²) in [7, 11) is 0. The fourth-order valence-electron chi connectivity index (χ4n) is 4.10. The van der Waals surface area contributed by atoms with Crippen molar-refractivity contribution in [3.8, 4) is 11.1 Å². The minimum Gasteiger partial charge on any atom is -0.445 e. The van der Waals surface area contributed by atoms with E-state index in [4.69, 9.17) is 9.47 Å². The third-order valence-corrected chi connectivity index (χ3v) is 5.40. The number of carbonyl (C=O) groups excluding carboxylic acids is 2. The number of allylic oxidation sites excluding steroid dienone is 1. The number of benzene rings is 3. The molecule has 0 spiro atoms. The molecule has 167 valence electrons. The van der Waals surface area contributed by atoms with Gasteiger partial charge in [-0.3, -0.25) is 5.32 Å². The normalized spacial score (nSPS) is 13.8. The Morgan fingerprint density at radius 2 is 1.61 bits per heavy atom. The average Bonchev–Trinajstić information content (AvgIpc) is 3.09. The molecule has 0 fully saturated rings. The number of rotatable bonds is 6. The molecule has 4 rings (SSSR count). The molecule has 0 aromatic heterocycles. The van der Waals surface area contributed by atoms with Gasteiger partial charge in [-0.15, -0.1) is 0 Å². The number of ether oxygens (including phenoxy) is 2. The van der Waals surface area contributed by atoms with Gasteiger partial charge >= 0.3 is 12.6 Å². The molecule has 1 aliphatic rings. The summed E-state index contributed by atoms with van der Waals surface area (Å²) in [6.07, 6.45) is 2.72. The number of fused-ring (bicyclic) bond motifs is 3. The first-order chi connectivity index (χ1) is 15.9. The maximum atomic E-state index is 12.1. The minimum atomic E-state index is -0.650. The summed E-state index contributed by atoms with van der Waals surface area (Å²) >= 11 is 0. The van der Waals surface area contributed by atoms with Gasteiger partial charge in [0.05, 0.1) is 0 Å². The highest BCUT2D eigenvalue weighted by atomic mass is 16.6. The van der Waals surface area contributed by atoms with Crippen LogP contribution in [0.5, 0.6) is 0 Å². The number of carbonyl (C=O) groups is 1. The molecular formula is C28H26NO4. The van der Waals surface area contributed by atoms with Crippen LogP contribution in [0.2, 0.25) is 0 Å². The van der Waals surface area contributed by atoms with Crippen molar-refractivity contribution in [1.29, 1.82) is 0 Å². The van der Waals surface area contributed by atoms with Crippen LogP contribution in [-0.2, 0) is 14.3 Å². The van der Waals surface area contributed by atoms with Gasteiger partial charge in [0.1, 0.15) is 11.7 Å². The highest BCUT2D eigenvalue weighted by Crippen LogP contribution is 2.45. The summed E-state index contributed by atoms with van der Waals surface area (Å²) < 4.78 is 10.6. The lowest BCUT2D eigenvalue weighted by Crippen LogP contribution is -2.27. The smallest absolute Gasteiger partial charge is 0.418 e. The first-order valence-electron chi connectivity index (χ1n) is 10.8. The molecule has 3 aromatic rings. The van der Waals surface area contributed by atoms with E-state index in [1.54, 1.807) is 45.4 Å². The summed E-state index contributed by atoms with van der Waals surface area (Å²) in [4.78, 5) is 23.3. The lowest BCUT2D eigenvalue weighted by molar-refractivity contribution is 0.0636. The first kappa shape index (κ1) is 22.3. The SMILES string of the molecule is CC(C)(C)OC(=O)Nc1cccc(C(C=CC2c3ccccc3-c3ccccc32)O[C]=O)c1. The van der Waals surface area contributed by atoms with Crippen LogP contribution in [0.3, 0.4) is 0 Å². The van der Waals surface area contributed by atoms with Crippen LogP contribution in [0.4, 0.5) is 10.5 Å². The van der Waals surface area contributed by atoms with Crippen LogP contribution in [0.15, 0.2) is 84.9 Å². The summed E-state index contributed by atoms with van der Waals surface area (Å²) in [6, 6.07) is 23.8. The van der Waals surface area contributed by atoms with Gasteiger partial charge in [-0.2, -0.15) is 0 Å². The zero-order chi connectivity index (χ0) is 23.4. The molecule has 0 bridgehead atoms. The Morgan fingerprint density at radius 3 is 2.21 bits per heavy atom. The van der Waals surface area contributed by atoms with Gasteiger partial charge < -0.3 is 9.47 Å². The predicted molar refractivity (Wildman–Crippen MR) is 129 cm³/mol. The van der Waals surface area contributed by atoms with E-state index in [2.05, 4.69) is 35.7 Å². The lowest BCUT2D eigenvalue weighted by Gasteiger charge is -2.20. The van der Waals surface area contributed by atoms with Gasteiger partial charge in [0.2, 0.25) is 0 Å². The molecule has 0 saturated carbocycles. The second kappa shape index (κ2) is 9.33. The summed E-state index contributed by atoms with van der Waals surface area (Å²) in [6.45, 7) is 6.97. The van der Waals surface area contributed by atoms with Gasteiger partial charge in [-0.25, -0.2) is 9.59 Å². The van der Waals surface area contributed by atoms with Crippen LogP contribution in [-0.4, -0.2) is 18.2 Å². The fraction of sp³-hybridized carbons (Fsp3) is 0.214. The Kier molecular flexibility index (Phi) is 6.31. The average molecular weight is 441 g/mol. The maximum Gasteiger partial charge on any atom is 0.418 e. The molecule has 0 saturated heterocycles. The second-order valence-corrected chi connectivity index (χ2v) is 8.91. The molecule has 1 aliphatic carbocycles. The molecule has 1 atom stereocenters. The monoisotopic (exact) mass is 440 g/mol. The molecule has 33 heavy (non-hydrogen) atoms. The third-order valence-electron chi connectivity index (χ3n) is 5.40. The molecule has 3 aromatic carbocycles. The van der Waals surface area contributed by atoms with E-state index in [1.165, 1.54) is 22.3 Å². The molecule has 1 unspecified atom stereocenters. The molecule has 5 nitrogen and oxygen atoms in total. The standard InChI is InChI=1S/C28H26NO4/c1-28(2,3)33-27(31)29-20-10-8-9-19(17-20)26(32-18-30)16-15-25-23-13-6-4-11-21(23)22-12-5-7-14-24(22)25/h4-17,25-26H,1-3H3,(H,29,31). The zero-order valence-corrected chi connectivity index (χ0v) is 18.9. The van der Waals surface area contributed by atoms with E-state index < -0.39 is 17.8 Å². The molecule has 5 heteroatoms. The number of anilines is 1. The zero-order valence-electron chi connectivity index (χ0n) is 18.9. The van der Waals surface area contributed by atoms with Crippen molar-refractivity contribution < 1.29 is 19.1 Å². The third kappa shape index (κ3) is 5.14. The van der Waals surface area contributed by atoms with Crippen molar-refractivity contribution in [3.05, 3.63) is 102 Å². The molecule has 1 radical (unpaired) electrons. The highest BCUT2D eigenvalue weighted by molar-refractivity contribution is 5.85. The van der Waals surface area contributed by atoms with E-state index in [-0.39, 0.29) is 5.92 Å². The maximum absolute atomic E-state index is 12.1. The summed E-state index contributed by atoms with van der Waals surface area (Å²) in [5.41, 5.74) is 5.51. The van der Waals surface area contributed by atoms with Crippen LogP contribution >= 0.6 is 0 Å². The second-order valence-electron chi connectivity index (χ2n) is 8.91. The van der Waals surface area contributed by atoms with Gasteiger partial charge in [0, 0.05) is 11.6 Å². The van der Waals surface area contributed by atoms with Gasteiger partial charge in [-0.1, -0.05) is 66.7 Å². The molecular weight excluding hydrogens is 414 g/mol. The Balaban J connectivity index is 1.59. The minimum absolute atomic E-state index is 0.0539. The highest BCUT2D eigenvalue weighted by Gasteiger charge is 2.26. The predicted octanol–water partition coefficient (Wildman–Crippen LogP) is 6.53. The number of hydrogen-bond donors (Lipinski definition) is 1. The van der Waals surface area contributed by atoms with E-state index in [0.717, 1.165) is 0 Å². The Morgan fingerprint density at radius 1 is 0.970 bits per heavy atom. The van der Waals surface area contributed by atoms with Crippen molar-refractivity contribution in [2.24, 2.45) is 0 Å². The number of hydrogen-bond acceptors (Lipinski definition) is 4. The Labute approximate surface area is 194 Å². The van der Waals surface area contributed by atoms with Crippen molar-refractivity contribution >= 4 is 18.3 Å². The Bertz CT molecular complexity index is 1150. The van der Waals surface area contributed by atoms with E-state index in [1.807, 2.05) is 36.4 Å². The lowest BCUT2D eigenvalue weighted by atomic mass is 9.95. The Hall–Kier alpha value is -3.86. The largest absolute Gasteiger partial charge is 0.445 e. The number of nitrogens with one attached hydrogen (secondary N) is 1. The summed E-state index contributed by atoms with van der Waals surface area (Å²) in [5, 5.41) is 2.72. The van der Waals surface area contributed by atoms with Crippen molar-refractivity contribution in [2.45, 2.75) is 38.4 Å². The molecule has 0 heterocycles. The van der Waals surface area contributed by atoms with Crippen molar-refractivity contribution in [3.63, 3.8) is 0 Å². The van der Waals surface area contributed by atoms with Crippen LogP contribution in [0.1, 0.15) is 49.5 Å². The van der Waals surface area contributed by atoms with Crippen LogP contribution in [0, 0.1) is 0 Å². The van der Waals surface area contributed by atoms with E-state index >= 15 is 0 Å². The molecule has 0 aliphatic heterocycles. The van der Waals surface area contributed by atoms with Gasteiger partial charge in [0.25, 0.3) is 0 Å². The molecule has 1 amide bonds. The van der Waals surface area contributed by atoms with Gasteiger partial charge in [0.15, 0.2) is 0 Å². The van der Waals surface area contributed by atoms with Crippen LogP contribution in [0.25, 0.3) is 11.1 Å². The van der Waals surface area contributed by atoms with E-state index in [0.29, 0.717) is 11.3 Å². The fourth-order valence-corrected chi connectivity index (χ4v) is 4.10. The molecule has 1 N–H and O–H groups in total.